The summed E-state index contributed by atoms with van der Waals surface area (Å²) in [7, 11) is -3.25. The molecule has 2 rings (SSSR count). The van der Waals surface area contributed by atoms with Gasteiger partial charge in [-0.2, -0.15) is 11.1 Å². The van der Waals surface area contributed by atoms with E-state index in [0.717, 1.165) is 0 Å². The zero-order valence-corrected chi connectivity index (χ0v) is 36.2. The fraction of sp³-hybridized carbons (Fsp3) is 0.737. The summed E-state index contributed by atoms with van der Waals surface area (Å²) in [5, 5.41) is 3.41. The molecule has 44 heavy (non-hydrogen) atoms. The van der Waals surface area contributed by atoms with Gasteiger partial charge in [-0.3, -0.25) is 6.08 Å². The third kappa shape index (κ3) is 14.5. The quantitative estimate of drug-likeness (QED) is 0.110. The van der Waals surface area contributed by atoms with Gasteiger partial charge in [0.25, 0.3) is 0 Å². The Balaban J connectivity index is -0.00000420. The first kappa shape index (κ1) is 49.1. The third-order valence-electron chi connectivity index (χ3n) is 10.5. The Morgan fingerprint density at radius 3 is 1.34 bits per heavy atom. The molecule has 1 aliphatic rings. The van der Waals surface area contributed by atoms with E-state index in [4.69, 9.17) is 0 Å². The molecule has 2 atom stereocenters. The second kappa shape index (κ2) is 23.9. The van der Waals surface area contributed by atoms with Crippen LogP contribution in [0.25, 0.3) is 0 Å². The number of rotatable bonds is 20. The molecule has 0 aliphatic heterocycles. The van der Waals surface area contributed by atoms with Gasteiger partial charge in [-0.25, -0.2) is 5.57 Å². The zero-order chi connectivity index (χ0) is 29.8. The van der Waals surface area contributed by atoms with Crippen molar-refractivity contribution >= 4 is 26.5 Å². The Hall–Kier alpha value is 0.718. The molecule has 252 valence electrons. The normalized spacial score (nSPS) is 17.5. The molecule has 0 bridgehead atoms. The number of allylic oxidation sites excluding steroid dienone is 4. The summed E-state index contributed by atoms with van der Waals surface area (Å²) < 4.78 is 0. The van der Waals surface area contributed by atoms with E-state index in [1.807, 2.05) is 0 Å². The number of aryl methyl sites for hydroxylation is 1. The predicted octanol–water partition coefficient (Wildman–Crippen LogP) is 2.96. The number of halogens is 3. The van der Waals surface area contributed by atoms with Gasteiger partial charge in [-0.05, 0) is 6.92 Å². The van der Waals surface area contributed by atoms with E-state index in [9.17, 15) is 0 Å². The van der Waals surface area contributed by atoms with Crippen LogP contribution in [0.5, 0.6) is 0 Å². The van der Waals surface area contributed by atoms with Gasteiger partial charge in [0.05, 0.1) is 16.1 Å². The van der Waals surface area contributed by atoms with Gasteiger partial charge in [-0.15, -0.1) is 6.92 Å². The average molecular weight is 734 g/mol. The summed E-state index contributed by atoms with van der Waals surface area (Å²) in [6, 6.07) is 9.07. The average Bonchev–Trinajstić information content (AvgIpc) is 3.10. The van der Waals surface area contributed by atoms with Crippen molar-refractivity contribution in [2.75, 3.05) is 0 Å². The molecule has 0 saturated heterocycles. The molecule has 1 aliphatic carbocycles. The molecular weight excluding hydrogens is 667 g/mol. The second-order valence-corrected chi connectivity index (χ2v) is 24.7. The van der Waals surface area contributed by atoms with E-state index in [-0.39, 0.29) is 64.0 Å². The first-order valence-electron chi connectivity index (χ1n) is 17.3. The fourth-order valence-corrected chi connectivity index (χ4v) is 13.2. The molecule has 0 spiro atoms. The molecule has 1 aromatic rings. The van der Waals surface area contributed by atoms with Crippen LogP contribution in [-0.4, -0.2) is 16.1 Å². The monoisotopic (exact) mass is 732 g/mol. The molecule has 0 radical (unpaired) electrons. The largest absolute Gasteiger partial charge is 4.00 e. The van der Waals surface area contributed by atoms with Crippen molar-refractivity contribution in [1.82, 2.24) is 0 Å². The molecule has 6 heteroatoms. The minimum atomic E-state index is -1.88. The minimum absolute atomic E-state index is 0. The summed E-state index contributed by atoms with van der Waals surface area (Å²) in [6.45, 7) is 24.4. The Morgan fingerprint density at radius 2 is 0.977 bits per heavy atom. The van der Waals surface area contributed by atoms with Crippen LogP contribution in [0.15, 0.2) is 34.9 Å². The standard InChI is InChI=1S/C38H67Si2.3ClH.Ti/c1-11-12-13-14-15-16-17-18-19-20-21-22-23-24-25-26-27-40(10,38(6)31-33(3)34(4)35(38)5)37-29-32(2)28-36(30-37)39(7,8)9;;;;/h28-30H,11-27H2,1-10H3;3*1H;/q-1;;;;+4/p-3. The van der Waals surface area contributed by atoms with Crippen LogP contribution in [0.1, 0.15) is 143 Å². The van der Waals surface area contributed by atoms with E-state index in [1.54, 1.807) is 15.9 Å². The second-order valence-electron chi connectivity index (χ2n) is 14.8. The molecule has 0 aromatic heterocycles. The van der Waals surface area contributed by atoms with Crippen LogP contribution in [0.3, 0.4) is 0 Å². The summed E-state index contributed by atoms with van der Waals surface area (Å²) in [6.07, 6.45) is 27.1. The first-order valence-corrected chi connectivity index (χ1v) is 23.5. The minimum Gasteiger partial charge on any atom is -1.00 e. The molecule has 0 saturated carbocycles. The molecule has 0 fully saturated rings. The maximum Gasteiger partial charge on any atom is 4.00 e. The van der Waals surface area contributed by atoms with Gasteiger partial charge in [0.15, 0.2) is 0 Å². The van der Waals surface area contributed by atoms with E-state index < -0.39 is 16.1 Å². The Morgan fingerprint density at radius 1 is 0.591 bits per heavy atom. The zero-order valence-electron chi connectivity index (χ0n) is 30.4. The van der Waals surface area contributed by atoms with Crippen LogP contribution in [-0.2, 0) is 21.7 Å². The summed E-state index contributed by atoms with van der Waals surface area (Å²) in [5.41, 5.74) is 5.93. The molecule has 0 N–H and O–H groups in total. The van der Waals surface area contributed by atoms with Gasteiger partial charge >= 0.3 is 21.7 Å². The smallest absolute Gasteiger partial charge is 1.00 e. The van der Waals surface area contributed by atoms with Gasteiger partial charge in [0.1, 0.15) is 0 Å². The molecule has 0 heterocycles. The maximum absolute atomic E-state index is 4.07. The van der Waals surface area contributed by atoms with Crippen molar-refractivity contribution in [2.45, 2.75) is 182 Å². The van der Waals surface area contributed by atoms with Crippen LogP contribution in [0.4, 0.5) is 0 Å². The van der Waals surface area contributed by atoms with Crippen molar-refractivity contribution in [1.29, 1.82) is 0 Å². The molecular formula is C38H67Cl3Si2Ti. The van der Waals surface area contributed by atoms with Crippen molar-refractivity contribution in [2.24, 2.45) is 0 Å². The Labute approximate surface area is 311 Å². The van der Waals surface area contributed by atoms with E-state index >= 15 is 0 Å². The predicted molar refractivity (Wildman–Crippen MR) is 189 cm³/mol. The van der Waals surface area contributed by atoms with Gasteiger partial charge < -0.3 is 37.2 Å². The number of hydrogen-bond acceptors (Lipinski definition) is 0. The van der Waals surface area contributed by atoms with Gasteiger partial charge in [0.2, 0.25) is 0 Å². The summed E-state index contributed by atoms with van der Waals surface area (Å²) in [4.78, 5) is 0. The van der Waals surface area contributed by atoms with Crippen molar-refractivity contribution in [3.05, 3.63) is 46.6 Å². The summed E-state index contributed by atoms with van der Waals surface area (Å²) >= 11 is 0. The van der Waals surface area contributed by atoms with Gasteiger partial charge in [0, 0.05) is 0 Å². The van der Waals surface area contributed by atoms with Crippen molar-refractivity contribution < 1.29 is 58.9 Å². The molecule has 0 amide bonds. The van der Waals surface area contributed by atoms with Gasteiger partial charge in [-0.1, -0.05) is 202 Å². The van der Waals surface area contributed by atoms with Crippen LogP contribution in [0.2, 0.25) is 37.3 Å². The van der Waals surface area contributed by atoms with E-state index in [0.29, 0.717) is 0 Å². The first-order chi connectivity index (χ1) is 18.9. The third-order valence-corrected chi connectivity index (χ3v) is 18.2. The Bertz CT molecular complexity index is 985. The number of benzene rings is 1. The fourth-order valence-electron chi connectivity index (χ4n) is 7.01. The maximum atomic E-state index is 4.07. The van der Waals surface area contributed by atoms with Crippen LogP contribution < -0.4 is 47.6 Å². The topological polar surface area (TPSA) is 0 Å². The number of unbranched alkanes of at least 4 members (excludes halogenated alkanes) is 15. The van der Waals surface area contributed by atoms with Crippen molar-refractivity contribution in [3.8, 4) is 0 Å². The van der Waals surface area contributed by atoms with E-state index in [2.05, 4.69) is 92.0 Å². The molecule has 1 aromatic carbocycles. The van der Waals surface area contributed by atoms with E-state index in [1.165, 1.54) is 125 Å². The SMILES string of the molecule is CCCCCCCCCCCCCCCCCC[Si](C)(c1cc(C)cc([Si](C)(C)C)c1)C1(C)[C-]=C(C)C(C)=C1C.[Cl-].[Cl-].[Cl-].[Ti+4]. The Kier molecular flexibility index (Phi) is 26.7. The number of hydrogen-bond donors (Lipinski definition) is 0. The summed E-state index contributed by atoms with van der Waals surface area (Å²) in [5.74, 6) is 0. The molecule has 2 unspecified atom stereocenters. The molecule has 0 nitrogen and oxygen atoms in total. The van der Waals surface area contributed by atoms with Crippen LogP contribution >= 0.6 is 0 Å². The van der Waals surface area contributed by atoms with Crippen molar-refractivity contribution in [3.63, 3.8) is 0 Å². The van der Waals surface area contributed by atoms with Crippen LogP contribution in [0, 0.1) is 13.0 Å².